The first-order valence-electron chi connectivity index (χ1n) is 10.5. The van der Waals surface area contributed by atoms with Crippen molar-refractivity contribution in [2.75, 3.05) is 24.7 Å². The predicted molar refractivity (Wildman–Crippen MR) is 128 cm³/mol. The molecule has 0 radical (unpaired) electrons. The second-order valence-corrected chi connectivity index (χ2v) is 10.3. The zero-order valence-corrected chi connectivity index (χ0v) is 19.6. The molecule has 0 unspecified atom stereocenters. The van der Waals surface area contributed by atoms with Gasteiger partial charge >= 0.3 is 0 Å². The van der Waals surface area contributed by atoms with Crippen LogP contribution in [0.25, 0.3) is 0 Å². The summed E-state index contributed by atoms with van der Waals surface area (Å²) in [7, 11) is -3.22. The fraction of sp³-hybridized carbons (Fsp3) is 0.391. The van der Waals surface area contributed by atoms with Gasteiger partial charge in [-0.05, 0) is 79.9 Å². The molecule has 8 heteroatoms. The van der Waals surface area contributed by atoms with E-state index in [2.05, 4.69) is 10.6 Å². The lowest BCUT2D eigenvalue weighted by atomic mass is 10.1. The minimum absolute atomic E-state index is 0.0476. The zero-order chi connectivity index (χ0) is 22.4. The van der Waals surface area contributed by atoms with Gasteiger partial charge in [0.2, 0.25) is 0 Å². The van der Waals surface area contributed by atoms with Crippen molar-refractivity contribution in [3.8, 4) is 0 Å². The first-order chi connectivity index (χ1) is 14.8. The number of nitrogens with one attached hydrogen (secondary N) is 2. The van der Waals surface area contributed by atoms with Crippen LogP contribution in [0.15, 0.2) is 53.4 Å². The highest BCUT2D eigenvalue weighted by atomic mass is 32.2. The number of amides is 1. The van der Waals surface area contributed by atoms with Crippen LogP contribution in [0.3, 0.4) is 0 Å². The third kappa shape index (κ3) is 6.27. The minimum atomic E-state index is -3.22. The second kappa shape index (κ2) is 10.2. The van der Waals surface area contributed by atoms with Gasteiger partial charge in [-0.2, -0.15) is 0 Å². The van der Waals surface area contributed by atoms with Crippen LogP contribution in [0, 0.1) is 0 Å². The van der Waals surface area contributed by atoms with E-state index in [9.17, 15) is 13.2 Å². The van der Waals surface area contributed by atoms with Gasteiger partial charge in [0.05, 0.1) is 10.9 Å². The molecule has 31 heavy (non-hydrogen) atoms. The topological polar surface area (TPSA) is 78.5 Å². The number of carbonyl (C=O) groups is 1. The number of benzene rings is 2. The number of anilines is 1. The molecule has 0 aliphatic carbocycles. The maximum Gasteiger partial charge on any atom is 0.253 e. The number of nitrogens with zero attached hydrogens (tertiary/aromatic N) is 1. The molecule has 166 valence electrons. The van der Waals surface area contributed by atoms with Crippen molar-refractivity contribution in [2.45, 2.75) is 43.5 Å². The van der Waals surface area contributed by atoms with Crippen molar-refractivity contribution in [3.05, 3.63) is 59.7 Å². The molecule has 0 aromatic heterocycles. The first-order valence-corrected chi connectivity index (χ1v) is 12.8. The molecule has 1 saturated heterocycles. The standard InChI is InChI=1S/C23H29N3O3S2/c1-3-21(17-9-13-20(14-10-17)31(2,28)29)25-23(30)24-19-11-7-18(8-12-19)22(27)26-15-5-4-6-16-26/h7-14,21H,3-6,15-16H2,1-2H3,(H2,24,25,30)/t21-/m0/s1. The molecule has 1 heterocycles. The summed E-state index contributed by atoms with van der Waals surface area (Å²) in [6.45, 7) is 3.69. The summed E-state index contributed by atoms with van der Waals surface area (Å²) in [4.78, 5) is 14.8. The Kier molecular flexibility index (Phi) is 7.67. The molecule has 2 aromatic carbocycles. The van der Waals surface area contributed by atoms with Crippen LogP contribution in [0.1, 0.15) is 54.6 Å². The van der Waals surface area contributed by atoms with E-state index >= 15 is 0 Å². The number of hydrogen-bond acceptors (Lipinski definition) is 4. The molecule has 1 fully saturated rings. The molecule has 0 bridgehead atoms. The third-order valence-electron chi connectivity index (χ3n) is 5.46. The van der Waals surface area contributed by atoms with Crippen molar-refractivity contribution in [3.63, 3.8) is 0 Å². The van der Waals surface area contributed by atoms with E-state index in [1.54, 1.807) is 24.3 Å². The Balaban J connectivity index is 1.59. The van der Waals surface area contributed by atoms with E-state index < -0.39 is 9.84 Å². The highest BCUT2D eigenvalue weighted by Gasteiger charge is 2.18. The summed E-state index contributed by atoms with van der Waals surface area (Å²) in [5.41, 5.74) is 2.44. The number of rotatable bonds is 6. The lowest BCUT2D eigenvalue weighted by molar-refractivity contribution is 0.0724. The molecule has 6 nitrogen and oxygen atoms in total. The second-order valence-electron chi connectivity index (χ2n) is 7.83. The summed E-state index contributed by atoms with van der Waals surface area (Å²) in [5.74, 6) is 0.0792. The summed E-state index contributed by atoms with van der Waals surface area (Å²) in [5, 5.41) is 6.90. The average molecular weight is 460 g/mol. The summed E-state index contributed by atoms with van der Waals surface area (Å²) in [6.07, 6.45) is 5.31. The van der Waals surface area contributed by atoms with Gasteiger partial charge in [0.1, 0.15) is 0 Å². The molecular weight excluding hydrogens is 430 g/mol. The van der Waals surface area contributed by atoms with E-state index in [0.717, 1.165) is 43.6 Å². The van der Waals surface area contributed by atoms with Gasteiger partial charge in [0.25, 0.3) is 5.91 Å². The summed E-state index contributed by atoms with van der Waals surface area (Å²) >= 11 is 5.46. The molecule has 3 rings (SSSR count). The normalized spacial score (nSPS) is 15.2. The van der Waals surface area contributed by atoms with Crippen molar-refractivity contribution >= 4 is 38.8 Å². The number of likely N-dealkylation sites (tertiary alicyclic amines) is 1. The molecule has 0 spiro atoms. The highest BCUT2D eigenvalue weighted by molar-refractivity contribution is 7.90. The quantitative estimate of drug-likeness (QED) is 0.632. The number of carbonyl (C=O) groups excluding carboxylic acids is 1. The van der Waals surface area contributed by atoms with E-state index in [0.29, 0.717) is 15.6 Å². The molecule has 0 saturated carbocycles. The molecular formula is C23H29N3O3S2. The van der Waals surface area contributed by atoms with Crippen molar-refractivity contribution in [1.82, 2.24) is 10.2 Å². The van der Waals surface area contributed by atoms with Crippen molar-refractivity contribution < 1.29 is 13.2 Å². The van der Waals surface area contributed by atoms with Gasteiger partial charge in [-0.15, -0.1) is 0 Å². The molecule has 1 atom stereocenters. The molecule has 1 aliphatic rings. The van der Waals surface area contributed by atoms with Gasteiger partial charge in [0.15, 0.2) is 14.9 Å². The first kappa shape index (κ1) is 23.2. The Morgan fingerprint density at radius 1 is 1.03 bits per heavy atom. The molecule has 1 amide bonds. The Labute approximate surface area is 190 Å². The molecule has 1 aliphatic heterocycles. The predicted octanol–water partition coefficient (Wildman–Crippen LogP) is 4.15. The lowest BCUT2D eigenvalue weighted by Gasteiger charge is -2.26. The van der Waals surface area contributed by atoms with Gasteiger partial charge in [-0.1, -0.05) is 19.1 Å². The average Bonchev–Trinajstić information content (AvgIpc) is 2.77. The monoisotopic (exact) mass is 459 g/mol. The number of piperidine rings is 1. The van der Waals surface area contributed by atoms with Crippen LogP contribution >= 0.6 is 12.2 Å². The zero-order valence-electron chi connectivity index (χ0n) is 17.9. The minimum Gasteiger partial charge on any atom is -0.356 e. The fourth-order valence-corrected chi connectivity index (χ4v) is 4.56. The Bertz CT molecular complexity index is 1010. The smallest absolute Gasteiger partial charge is 0.253 e. The fourth-order valence-electron chi connectivity index (χ4n) is 3.67. The third-order valence-corrected chi connectivity index (χ3v) is 6.81. The van der Waals surface area contributed by atoms with Gasteiger partial charge < -0.3 is 15.5 Å². The number of sulfone groups is 1. The van der Waals surface area contributed by atoms with Crippen LogP contribution in [0.5, 0.6) is 0 Å². The van der Waals surface area contributed by atoms with E-state index in [4.69, 9.17) is 12.2 Å². The van der Waals surface area contributed by atoms with Crippen LogP contribution < -0.4 is 10.6 Å². The van der Waals surface area contributed by atoms with Crippen LogP contribution in [0.2, 0.25) is 0 Å². The SMILES string of the molecule is CC[C@H](NC(=S)Nc1ccc(C(=O)N2CCCCC2)cc1)c1ccc(S(C)(=O)=O)cc1. The van der Waals surface area contributed by atoms with Crippen LogP contribution in [-0.4, -0.2) is 43.7 Å². The Morgan fingerprint density at radius 3 is 2.19 bits per heavy atom. The maximum atomic E-state index is 12.6. The Hall–Kier alpha value is -2.45. The number of hydrogen-bond donors (Lipinski definition) is 2. The van der Waals surface area contributed by atoms with E-state index in [1.165, 1.54) is 12.7 Å². The van der Waals surface area contributed by atoms with Gasteiger partial charge in [-0.25, -0.2) is 8.42 Å². The van der Waals surface area contributed by atoms with Crippen LogP contribution in [0.4, 0.5) is 5.69 Å². The summed E-state index contributed by atoms with van der Waals surface area (Å²) in [6, 6.07) is 14.1. The number of thiocarbonyl (C=S) groups is 1. The van der Waals surface area contributed by atoms with E-state index in [-0.39, 0.29) is 11.9 Å². The van der Waals surface area contributed by atoms with Gasteiger partial charge in [-0.3, -0.25) is 4.79 Å². The lowest BCUT2D eigenvalue weighted by Crippen LogP contribution is -2.35. The molecule has 2 aromatic rings. The maximum absolute atomic E-state index is 12.6. The van der Waals surface area contributed by atoms with E-state index in [1.807, 2.05) is 36.1 Å². The van der Waals surface area contributed by atoms with Crippen LogP contribution in [-0.2, 0) is 9.84 Å². The highest BCUT2D eigenvalue weighted by Crippen LogP contribution is 2.20. The summed E-state index contributed by atoms with van der Waals surface area (Å²) < 4.78 is 23.3. The van der Waals surface area contributed by atoms with Crippen molar-refractivity contribution in [2.24, 2.45) is 0 Å². The van der Waals surface area contributed by atoms with Gasteiger partial charge in [0, 0.05) is 30.6 Å². The molecule has 2 N–H and O–H groups in total. The Morgan fingerprint density at radius 2 is 1.65 bits per heavy atom. The largest absolute Gasteiger partial charge is 0.356 e. The van der Waals surface area contributed by atoms with Crippen molar-refractivity contribution in [1.29, 1.82) is 0 Å².